The average molecular weight is 239 g/mol. The Balaban J connectivity index is 1.97. The van der Waals surface area contributed by atoms with Crippen LogP contribution in [0, 0.1) is 5.92 Å². The lowest BCUT2D eigenvalue weighted by Gasteiger charge is -2.38. The Morgan fingerprint density at radius 3 is 2.29 bits per heavy atom. The first-order chi connectivity index (χ1) is 8.11. The number of fused-ring (bicyclic) bond motifs is 2. The normalized spacial score (nSPS) is 31.6. The number of hydrogen-bond donors (Lipinski definition) is 1. The van der Waals surface area contributed by atoms with E-state index in [0.29, 0.717) is 18.5 Å². The zero-order valence-electron chi connectivity index (χ0n) is 10.4. The molecule has 2 fully saturated rings. The summed E-state index contributed by atoms with van der Waals surface area (Å²) < 4.78 is 0. The van der Waals surface area contributed by atoms with Crippen LogP contribution in [0.5, 0.6) is 0 Å². The molecule has 0 spiro atoms. The second-order valence-corrected chi connectivity index (χ2v) is 5.37. The van der Waals surface area contributed by atoms with Crippen LogP contribution in [0.2, 0.25) is 0 Å². The fourth-order valence-corrected chi connectivity index (χ4v) is 3.45. The summed E-state index contributed by atoms with van der Waals surface area (Å²) in [5, 5.41) is 8.84. The van der Waals surface area contributed by atoms with Crippen LogP contribution in [0.3, 0.4) is 0 Å². The molecule has 2 saturated heterocycles. The second-order valence-electron chi connectivity index (χ2n) is 5.37. The van der Waals surface area contributed by atoms with E-state index < -0.39 is 5.97 Å². The highest BCUT2D eigenvalue weighted by atomic mass is 16.4. The molecule has 4 heteroatoms. The molecule has 0 aromatic heterocycles. The van der Waals surface area contributed by atoms with Gasteiger partial charge in [0, 0.05) is 24.9 Å². The first-order valence-electron chi connectivity index (χ1n) is 6.64. The van der Waals surface area contributed by atoms with Gasteiger partial charge in [-0.2, -0.15) is 0 Å². The third-order valence-corrected chi connectivity index (χ3v) is 4.05. The topological polar surface area (TPSA) is 57.6 Å². The van der Waals surface area contributed by atoms with E-state index in [0.717, 1.165) is 32.1 Å². The number of amides is 1. The summed E-state index contributed by atoms with van der Waals surface area (Å²) in [5.41, 5.74) is 0. The van der Waals surface area contributed by atoms with E-state index in [2.05, 4.69) is 4.90 Å². The molecule has 1 amide bonds. The minimum Gasteiger partial charge on any atom is -0.481 e. The van der Waals surface area contributed by atoms with Crippen LogP contribution < -0.4 is 0 Å². The Hall–Kier alpha value is -1.06. The maximum Gasteiger partial charge on any atom is 0.303 e. The molecule has 4 nitrogen and oxygen atoms in total. The molecule has 0 radical (unpaired) electrons. The molecule has 2 bridgehead atoms. The minimum absolute atomic E-state index is 0.267. The third kappa shape index (κ3) is 2.61. The van der Waals surface area contributed by atoms with Gasteiger partial charge in [-0.3, -0.25) is 9.59 Å². The maximum atomic E-state index is 12.0. The zero-order chi connectivity index (χ0) is 12.4. The van der Waals surface area contributed by atoms with Gasteiger partial charge in [-0.25, -0.2) is 0 Å². The van der Waals surface area contributed by atoms with Crippen LogP contribution in [0.15, 0.2) is 0 Å². The summed E-state index contributed by atoms with van der Waals surface area (Å²) in [6.07, 6.45) is 5.70. The first-order valence-corrected chi connectivity index (χ1v) is 6.64. The van der Waals surface area contributed by atoms with E-state index >= 15 is 0 Å². The monoisotopic (exact) mass is 239 g/mol. The number of piperidine rings is 1. The molecule has 2 aliphatic heterocycles. The number of rotatable bonds is 4. The van der Waals surface area contributed by atoms with Crippen LogP contribution >= 0.6 is 0 Å². The summed E-state index contributed by atoms with van der Waals surface area (Å²) in [6.45, 7) is 2.02. The van der Waals surface area contributed by atoms with Crippen molar-refractivity contribution in [3.8, 4) is 0 Å². The summed E-state index contributed by atoms with van der Waals surface area (Å²) in [4.78, 5) is 24.8. The van der Waals surface area contributed by atoms with Gasteiger partial charge in [-0.15, -0.1) is 0 Å². The van der Waals surface area contributed by atoms with Gasteiger partial charge in [0.25, 0.3) is 0 Å². The number of hydrogen-bond acceptors (Lipinski definition) is 2. The fourth-order valence-electron chi connectivity index (χ4n) is 3.45. The first kappa shape index (κ1) is 12.4. The molecule has 1 N–H and O–H groups in total. The smallest absolute Gasteiger partial charge is 0.303 e. The predicted molar refractivity (Wildman–Crippen MR) is 63.5 cm³/mol. The van der Waals surface area contributed by atoms with E-state index in [1.54, 1.807) is 0 Å². The van der Waals surface area contributed by atoms with Gasteiger partial charge in [0.1, 0.15) is 0 Å². The van der Waals surface area contributed by atoms with Gasteiger partial charge in [0.2, 0.25) is 5.91 Å². The highest BCUT2D eigenvalue weighted by Gasteiger charge is 2.42. The molecule has 2 atom stereocenters. The largest absolute Gasteiger partial charge is 0.481 e. The van der Waals surface area contributed by atoms with E-state index in [1.807, 2.05) is 6.92 Å². The third-order valence-electron chi connectivity index (χ3n) is 4.05. The van der Waals surface area contributed by atoms with Crippen molar-refractivity contribution in [2.75, 3.05) is 0 Å². The summed E-state index contributed by atoms with van der Waals surface area (Å²) in [5.74, 6) is -0.160. The summed E-state index contributed by atoms with van der Waals surface area (Å²) >= 11 is 0. The second kappa shape index (κ2) is 5.07. The number of nitrogens with zero attached hydrogens (tertiary/aromatic N) is 1. The van der Waals surface area contributed by atoms with Crippen LogP contribution in [-0.4, -0.2) is 34.0 Å². The SMILES string of the molecule is CCCC(=O)N1C2CCC1CC(CC(=O)O)C2. The van der Waals surface area contributed by atoms with E-state index in [4.69, 9.17) is 5.11 Å². The molecule has 17 heavy (non-hydrogen) atoms. The lowest BCUT2D eigenvalue weighted by molar-refractivity contribution is -0.140. The van der Waals surface area contributed by atoms with Crippen LogP contribution in [0.25, 0.3) is 0 Å². The zero-order valence-corrected chi connectivity index (χ0v) is 10.4. The predicted octanol–water partition coefficient (Wildman–Crippen LogP) is 2.03. The molecule has 0 aromatic rings. The van der Waals surface area contributed by atoms with E-state index in [1.165, 1.54) is 0 Å². The quantitative estimate of drug-likeness (QED) is 0.816. The highest BCUT2D eigenvalue weighted by molar-refractivity contribution is 5.77. The number of carbonyl (C=O) groups excluding carboxylic acids is 1. The number of carbonyl (C=O) groups is 2. The van der Waals surface area contributed by atoms with Crippen molar-refractivity contribution in [3.63, 3.8) is 0 Å². The van der Waals surface area contributed by atoms with Crippen molar-refractivity contribution in [1.29, 1.82) is 0 Å². The average Bonchev–Trinajstić information content (AvgIpc) is 2.50. The molecular weight excluding hydrogens is 218 g/mol. The van der Waals surface area contributed by atoms with E-state index in [9.17, 15) is 9.59 Å². The number of carboxylic acid groups (broad SMARTS) is 1. The van der Waals surface area contributed by atoms with Crippen LogP contribution in [-0.2, 0) is 9.59 Å². The van der Waals surface area contributed by atoms with E-state index in [-0.39, 0.29) is 18.2 Å². The van der Waals surface area contributed by atoms with Crippen molar-refractivity contribution in [3.05, 3.63) is 0 Å². The standard InChI is InChI=1S/C13H21NO3/c1-2-3-12(15)14-10-4-5-11(14)7-9(6-10)8-13(16)17/h9-11H,2-8H2,1H3,(H,16,17). The van der Waals surface area contributed by atoms with Crippen LogP contribution in [0.4, 0.5) is 0 Å². The van der Waals surface area contributed by atoms with Crippen LogP contribution in [0.1, 0.15) is 51.9 Å². The molecule has 96 valence electrons. The Morgan fingerprint density at radius 2 is 1.82 bits per heavy atom. The Kier molecular flexibility index (Phi) is 3.69. The molecule has 0 aliphatic carbocycles. The summed E-state index contributed by atoms with van der Waals surface area (Å²) in [7, 11) is 0. The van der Waals surface area contributed by atoms with Gasteiger partial charge in [0.15, 0.2) is 0 Å². The maximum absolute atomic E-state index is 12.0. The van der Waals surface area contributed by atoms with Gasteiger partial charge >= 0.3 is 5.97 Å². The van der Waals surface area contributed by atoms with Crippen molar-refractivity contribution in [2.24, 2.45) is 5.92 Å². The lowest BCUT2D eigenvalue weighted by atomic mass is 9.88. The van der Waals surface area contributed by atoms with Gasteiger partial charge in [-0.05, 0) is 38.0 Å². The summed E-state index contributed by atoms with van der Waals surface area (Å²) in [6, 6.07) is 0.634. The van der Waals surface area contributed by atoms with Gasteiger partial charge in [-0.1, -0.05) is 6.92 Å². The lowest BCUT2D eigenvalue weighted by Crippen LogP contribution is -2.46. The molecule has 0 aromatic carbocycles. The molecular formula is C13H21NO3. The fraction of sp³-hybridized carbons (Fsp3) is 0.846. The molecule has 2 aliphatic rings. The van der Waals surface area contributed by atoms with Gasteiger partial charge < -0.3 is 10.0 Å². The Labute approximate surface area is 102 Å². The number of aliphatic carboxylic acids is 1. The molecule has 2 rings (SSSR count). The number of carboxylic acids is 1. The van der Waals surface area contributed by atoms with Gasteiger partial charge in [0.05, 0.1) is 0 Å². The highest BCUT2D eigenvalue weighted by Crippen LogP contribution is 2.40. The molecule has 2 heterocycles. The van der Waals surface area contributed by atoms with Crippen molar-refractivity contribution < 1.29 is 14.7 Å². The Morgan fingerprint density at radius 1 is 1.24 bits per heavy atom. The van der Waals surface area contributed by atoms with Crippen molar-refractivity contribution in [2.45, 2.75) is 64.0 Å². The van der Waals surface area contributed by atoms with Crippen molar-refractivity contribution in [1.82, 2.24) is 4.90 Å². The molecule has 2 unspecified atom stereocenters. The Bertz CT molecular complexity index is 302. The molecule has 0 saturated carbocycles. The van der Waals surface area contributed by atoms with Crippen molar-refractivity contribution >= 4 is 11.9 Å². The minimum atomic E-state index is -0.706.